The molecule has 2 aliphatic rings. The Balaban J connectivity index is 1.41. The summed E-state index contributed by atoms with van der Waals surface area (Å²) < 4.78 is 0. The van der Waals surface area contributed by atoms with Gasteiger partial charge in [0.15, 0.2) is 0 Å². The van der Waals surface area contributed by atoms with Gasteiger partial charge >= 0.3 is 0 Å². The molecule has 1 unspecified atom stereocenters. The number of nitrogens with one attached hydrogen (secondary N) is 1. The van der Waals surface area contributed by atoms with E-state index in [2.05, 4.69) is 102 Å². The Morgan fingerprint density at radius 1 is 0.690 bits per heavy atom. The van der Waals surface area contributed by atoms with Crippen LogP contribution >= 0.6 is 0 Å². The van der Waals surface area contributed by atoms with Crippen molar-refractivity contribution in [1.29, 1.82) is 0 Å². The fraction of sp³-hybridized carbons (Fsp3) is 0.333. The molecule has 0 radical (unpaired) electrons. The largest absolute Gasteiger partial charge is 0.303 e. The molecule has 0 spiro atoms. The van der Waals surface area contributed by atoms with E-state index in [1.807, 2.05) is 0 Å². The van der Waals surface area contributed by atoms with Crippen LogP contribution in [-0.2, 0) is 0 Å². The lowest BCUT2D eigenvalue weighted by Crippen LogP contribution is -2.48. The van der Waals surface area contributed by atoms with Crippen LogP contribution in [-0.4, -0.2) is 30.1 Å². The van der Waals surface area contributed by atoms with Crippen LogP contribution in [0.15, 0.2) is 84.9 Å². The van der Waals surface area contributed by atoms with Gasteiger partial charge in [0.05, 0.1) is 6.04 Å². The topological polar surface area (TPSA) is 15.3 Å². The first-order chi connectivity index (χ1) is 14.3. The number of rotatable bonds is 5. The molecule has 5 rings (SSSR count). The van der Waals surface area contributed by atoms with Crippen molar-refractivity contribution in [2.75, 3.05) is 7.05 Å². The van der Waals surface area contributed by atoms with Gasteiger partial charge in [-0.2, -0.15) is 0 Å². The summed E-state index contributed by atoms with van der Waals surface area (Å²) in [5.41, 5.74) is 5.25. The van der Waals surface area contributed by atoms with Gasteiger partial charge in [-0.25, -0.2) is 0 Å². The van der Waals surface area contributed by atoms with Crippen molar-refractivity contribution in [3.05, 3.63) is 96.1 Å². The summed E-state index contributed by atoms with van der Waals surface area (Å²) in [6.07, 6.45) is 5.25. The molecule has 0 amide bonds. The molecule has 2 heterocycles. The third-order valence-corrected chi connectivity index (χ3v) is 6.98. The Hall–Kier alpha value is -2.42. The van der Waals surface area contributed by atoms with Gasteiger partial charge < -0.3 is 10.2 Å². The van der Waals surface area contributed by atoms with E-state index in [-0.39, 0.29) is 6.04 Å². The molecule has 2 aliphatic heterocycles. The van der Waals surface area contributed by atoms with E-state index in [1.54, 1.807) is 0 Å². The molecule has 1 N–H and O–H groups in total. The van der Waals surface area contributed by atoms with Crippen molar-refractivity contribution >= 4 is 0 Å². The monoisotopic (exact) mass is 382 g/mol. The van der Waals surface area contributed by atoms with Crippen molar-refractivity contribution in [1.82, 2.24) is 10.2 Å². The Bertz CT molecular complexity index is 906. The van der Waals surface area contributed by atoms with Crippen molar-refractivity contribution in [3.63, 3.8) is 0 Å². The van der Waals surface area contributed by atoms with Crippen LogP contribution in [0.1, 0.15) is 42.9 Å². The molecule has 4 atom stereocenters. The first-order valence-electron chi connectivity index (χ1n) is 11.0. The van der Waals surface area contributed by atoms with Crippen LogP contribution in [0, 0.1) is 0 Å². The number of nitrogens with zero attached hydrogens (tertiary/aromatic N) is 1. The second-order valence-corrected chi connectivity index (χ2v) is 8.72. The molecule has 0 aliphatic carbocycles. The highest BCUT2D eigenvalue weighted by molar-refractivity contribution is 5.63. The van der Waals surface area contributed by atoms with Gasteiger partial charge in [0.25, 0.3) is 0 Å². The fourth-order valence-corrected chi connectivity index (χ4v) is 5.31. The second-order valence-electron chi connectivity index (χ2n) is 8.72. The Morgan fingerprint density at radius 2 is 1.21 bits per heavy atom. The van der Waals surface area contributed by atoms with Crippen molar-refractivity contribution < 1.29 is 0 Å². The first kappa shape index (κ1) is 18.6. The zero-order valence-electron chi connectivity index (χ0n) is 17.2. The predicted molar refractivity (Wildman–Crippen MR) is 121 cm³/mol. The van der Waals surface area contributed by atoms with E-state index in [1.165, 1.54) is 47.9 Å². The zero-order valence-corrected chi connectivity index (χ0v) is 17.2. The lowest BCUT2D eigenvalue weighted by atomic mass is 9.92. The lowest BCUT2D eigenvalue weighted by Gasteiger charge is -2.38. The molecule has 29 heavy (non-hydrogen) atoms. The lowest BCUT2D eigenvalue weighted by molar-refractivity contribution is 0.145. The van der Waals surface area contributed by atoms with E-state index in [0.29, 0.717) is 6.04 Å². The standard InChI is InChI=1S/C27H30N2/c1-29-25-16-17-26(29)19-24(18-25)28-27(22-10-6-3-7-11-22)23-14-12-21(13-15-23)20-8-4-2-5-9-20/h2-15,24-28H,16-19H2,1H3/t24?,25-,26+,27-/m1/s1. The molecule has 2 bridgehead atoms. The van der Waals surface area contributed by atoms with E-state index in [4.69, 9.17) is 0 Å². The molecule has 3 aromatic carbocycles. The maximum atomic E-state index is 4.04. The smallest absolute Gasteiger partial charge is 0.0578 e. The summed E-state index contributed by atoms with van der Waals surface area (Å²) >= 11 is 0. The highest BCUT2D eigenvalue weighted by Crippen LogP contribution is 2.36. The van der Waals surface area contributed by atoms with Crippen molar-refractivity contribution in [2.24, 2.45) is 0 Å². The Labute approximate surface area is 174 Å². The number of piperidine rings is 1. The zero-order chi connectivity index (χ0) is 19.6. The molecule has 2 nitrogen and oxygen atoms in total. The van der Waals surface area contributed by atoms with Crippen LogP contribution in [0.2, 0.25) is 0 Å². The van der Waals surface area contributed by atoms with Crippen LogP contribution in [0.3, 0.4) is 0 Å². The van der Waals surface area contributed by atoms with Crippen molar-refractivity contribution in [3.8, 4) is 11.1 Å². The Morgan fingerprint density at radius 3 is 1.83 bits per heavy atom. The highest BCUT2D eigenvalue weighted by Gasteiger charge is 2.39. The highest BCUT2D eigenvalue weighted by atomic mass is 15.2. The maximum absolute atomic E-state index is 4.04. The molecule has 148 valence electrons. The number of hydrogen-bond acceptors (Lipinski definition) is 2. The van der Waals surface area contributed by atoms with Gasteiger partial charge in [0, 0.05) is 18.1 Å². The fourth-order valence-electron chi connectivity index (χ4n) is 5.31. The normalized spacial score (nSPS) is 25.1. The number of hydrogen-bond donors (Lipinski definition) is 1. The van der Waals surface area contributed by atoms with Crippen LogP contribution in [0.25, 0.3) is 11.1 Å². The van der Waals surface area contributed by atoms with Gasteiger partial charge in [-0.1, -0.05) is 84.9 Å². The average Bonchev–Trinajstić information content (AvgIpc) is 2.99. The summed E-state index contributed by atoms with van der Waals surface area (Å²) in [4.78, 5) is 2.62. The van der Waals surface area contributed by atoms with Gasteiger partial charge in [0.2, 0.25) is 0 Å². The van der Waals surface area contributed by atoms with Crippen LogP contribution in [0.4, 0.5) is 0 Å². The first-order valence-corrected chi connectivity index (χ1v) is 11.0. The third kappa shape index (κ3) is 3.88. The quantitative estimate of drug-likeness (QED) is 0.613. The predicted octanol–water partition coefficient (Wildman–Crippen LogP) is 5.66. The molecular formula is C27H30N2. The van der Waals surface area contributed by atoms with E-state index in [0.717, 1.165) is 12.1 Å². The third-order valence-electron chi connectivity index (χ3n) is 6.98. The molecule has 0 aromatic heterocycles. The van der Waals surface area contributed by atoms with Gasteiger partial charge in [0.1, 0.15) is 0 Å². The maximum Gasteiger partial charge on any atom is 0.0578 e. The van der Waals surface area contributed by atoms with Crippen molar-refractivity contribution in [2.45, 2.75) is 49.9 Å². The molecular weight excluding hydrogens is 352 g/mol. The minimum atomic E-state index is 0.244. The Kier molecular flexibility index (Phi) is 5.22. The summed E-state index contributed by atoms with van der Waals surface area (Å²) in [7, 11) is 2.32. The van der Waals surface area contributed by atoms with Gasteiger partial charge in [-0.05, 0) is 55.0 Å². The van der Waals surface area contributed by atoms with E-state index >= 15 is 0 Å². The van der Waals surface area contributed by atoms with E-state index in [9.17, 15) is 0 Å². The molecule has 2 heteroatoms. The molecule has 3 aromatic rings. The molecule has 2 saturated heterocycles. The summed E-state index contributed by atoms with van der Waals surface area (Å²) in [5.74, 6) is 0. The molecule has 2 fully saturated rings. The summed E-state index contributed by atoms with van der Waals surface area (Å²) in [6, 6.07) is 33.0. The number of benzene rings is 3. The van der Waals surface area contributed by atoms with Crippen LogP contribution < -0.4 is 5.32 Å². The van der Waals surface area contributed by atoms with Gasteiger partial charge in [-0.3, -0.25) is 0 Å². The minimum Gasteiger partial charge on any atom is -0.303 e. The van der Waals surface area contributed by atoms with Crippen LogP contribution in [0.5, 0.6) is 0 Å². The summed E-state index contributed by atoms with van der Waals surface area (Å²) in [6.45, 7) is 0. The second kappa shape index (κ2) is 8.14. The minimum absolute atomic E-state index is 0.244. The SMILES string of the molecule is CN1[C@@H]2CC[C@H]1CC(N[C@H](c1ccccc1)c1ccc(-c3ccccc3)cc1)C2. The number of fused-ring (bicyclic) bond motifs is 2. The summed E-state index contributed by atoms with van der Waals surface area (Å²) in [5, 5.41) is 4.04. The average molecular weight is 383 g/mol. The van der Waals surface area contributed by atoms with E-state index < -0.39 is 0 Å². The molecule has 0 saturated carbocycles. The van der Waals surface area contributed by atoms with Gasteiger partial charge in [-0.15, -0.1) is 0 Å².